The van der Waals surface area contributed by atoms with E-state index in [1.807, 2.05) is 30.3 Å². The Balaban J connectivity index is 1.96. The number of esters is 1. The number of hydrogen-bond acceptors (Lipinski definition) is 3. The van der Waals surface area contributed by atoms with E-state index < -0.39 is 5.54 Å². The minimum absolute atomic E-state index is 0.0949. The van der Waals surface area contributed by atoms with E-state index in [1.54, 1.807) is 0 Å². The molecule has 3 heteroatoms. The molecule has 1 aromatic rings. The van der Waals surface area contributed by atoms with Gasteiger partial charge in [0.2, 0.25) is 0 Å². The highest BCUT2D eigenvalue weighted by molar-refractivity contribution is 5.81. The molecule has 1 aliphatic carbocycles. The van der Waals surface area contributed by atoms with Gasteiger partial charge in [-0.05, 0) is 32.3 Å². The Kier molecular flexibility index (Phi) is 4.59. The zero-order chi connectivity index (χ0) is 13.7. The second-order valence-corrected chi connectivity index (χ2v) is 5.65. The van der Waals surface area contributed by atoms with Crippen molar-refractivity contribution in [2.45, 2.75) is 57.7 Å². The second-order valence-electron chi connectivity index (χ2n) is 5.65. The molecule has 2 rings (SSSR count). The maximum atomic E-state index is 12.4. The van der Waals surface area contributed by atoms with Gasteiger partial charge in [0.15, 0.2) is 0 Å². The topological polar surface area (TPSA) is 38.3 Å². The normalized spacial score (nSPS) is 17.6. The first-order valence-corrected chi connectivity index (χ1v) is 7.11. The molecule has 0 aromatic heterocycles. The van der Waals surface area contributed by atoms with Crippen LogP contribution < -0.4 is 5.32 Å². The first-order valence-electron chi connectivity index (χ1n) is 7.11. The average Bonchev–Trinajstić information content (AvgIpc) is 2.86. The van der Waals surface area contributed by atoms with Gasteiger partial charge in [-0.3, -0.25) is 10.1 Å². The summed E-state index contributed by atoms with van der Waals surface area (Å²) in [7, 11) is 0. The standard InChI is InChI=1S/C16H23NO2/c1-13(2)17-16(10-6-7-11-16)15(18)19-12-14-8-4-3-5-9-14/h3-5,8-9,13,17H,6-7,10-12H2,1-2H3. The molecule has 0 aliphatic heterocycles. The van der Waals surface area contributed by atoms with Crippen LogP contribution >= 0.6 is 0 Å². The molecule has 1 aliphatic rings. The van der Waals surface area contributed by atoms with Gasteiger partial charge in [0.1, 0.15) is 12.1 Å². The summed E-state index contributed by atoms with van der Waals surface area (Å²) in [5, 5.41) is 3.42. The fourth-order valence-electron chi connectivity index (χ4n) is 2.80. The molecule has 1 aromatic carbocycles. The lowest BCUT2D eigenvalue weighted by molar-refractivity contribution is -0.153. The molecule has 0 unspecified atom stereocenters. The number of rotatable bonds is 5. The van der Waals surface area contributed by atoms with Crippen molar-refractivity contribution in [3.8, 4) is 0 Å². The lowest BCUT2D eigenvalue weighted by Gasteiger charge is -2.30. The van der Waals surface area contributed by atoms with Crippen LogP contribution in [0, 0.1) is 0 Å². The summed E-state index contributed by atoms with van der Waals surface area (Å²) in [5.41, 5.74) is 0.580. The summed E-state index contributed by atoms with van der Waals surface area (Å²) in [4.78, 5) is 12.4. The summed E-state index contributed by atoms with van der Waals surface area (Å²) in [6.07, 6.45) is 3.97. The Labute approximate surface area is 115 Å². The number of hydrogen-bond donors (Lipinski definition) is 1. The molecule has 1 fully saturated rings. The van der Waals surface area contributed by atoms with Crippen molar-refractivity contribution in [1.29, 1.82) is 0 Å². The Morgan fingerprint density at radius 3 is 2.47 bits per heavy atom. The Hall–Kier alpha value is -1.35. The molecule has 104 valence electrons. The number of nitrogens with one attached hydrogen (secondary N) is 1. The molecule has 19 heavy (non-hydrogen) atoms. The molecule has 0 spiro atoms. The van der Waals surface area contributed by atoms with E-state index >= 15 is 0 Å². The predicted molar refractivity (Wildman–Crippen MR) is 75.7 cm³/mol. The molecule has 1 N–H and O–H groups in total. The molecule has 0 atom stereocenters. The summed E-state index contributed by atoms with van der Waals surface area (Å²) in [6.45, 7) is 4.51. The lowest BCUT2D eigenvalue weighted by atomic mass is 9.96. The molecule has 0 bridgehead atoms. The molecule has 3 nitrogen and oxygen atoms in total. The third-order valence-corrected chi connectivity index (χ3v) is 3.63. The maximum absolute atomic E-state index is 12.4. The first kappa shape index (κ1) is 14.1. The van der Waals surface area contributed by atoms with Crippen molar-refractivity contribution in [2.24, 2.45) is 0 Å². The van der Waals surface area contributed by atoms with Crippen molar-refractivity contribution >= 4 is 5.97 Å². The maximum Gasteiger partial charge on any atom is 0.326 e. The van der Waals surface area contributed by atoms with Crippen LogP contribution in [-0.2, 0) is 16.1 Å². The number of benzene rings is 1. The van der Waals surface area contributed by atoms with Crippen LogP contribution in [0.4, 0.5) is 0 Å². The van der Waals surface area contributed by atoms with Gasteiger partial charge in [-0.15, -0.1) is 0 Å². The van der Waals surface area contributed by atoms with Crippen molar-refractivity contribution < 1.29 is 9.53 Å². The zero-order valence-corrected chi connectivity index (χ0v) is 11.8. The summed E-state index contributed by atoms with van der Waals surface area (Å²) >= 11 is 0. The molecule has 0 radical (unpaired) electrons. The SMILES string of the molecule is CC(C)NC1(C(=O)OCc2ccccc2)CCCC1. The van der Waals surface area contributed by atoms with Gasteiger partial charge in [-0.2, -0.15) is 0 Å². The van der Waals surface area contributed by atoms with E-state index in [0.717, 1.165) is 31.2 Å². The summed E-state index contributed by atoms with van der Waals surface area (Å²) in [5.74, 6) is -0.0949. The van der Waals surface area contributed by atoms with Crippen molar-refractivity contribution in [3.63, 3.8) is 0 Å². The highest BCUT2D eigenvalue weighted by Crippen LogP contribution is 2.31. The van der Waals surface area contributed by atoms with Crippen molar-refractivity contribution in [3.05, 3.63) is 35.9 Å². The Morgan fingerprint density at radius 1 is 1.26 bits per heavy atom. The molecular formula is C16H23NO2. The zero-order valence-electron chi connectivity index (χ0n) is 11.8. The van der Waals surface area contributed by atoms with Crippen LogP contribution in [0.15, 0.2) is 30.3 Å². The quantitative estimate of drug-likeness (QED) is 0.828. The molecular weight excluding hydrogens is 238 g/mol. The highest BCUT2D eigenvalue weighted by atomic mass is 16.5. The number of carbonyl (C=O) groups excluding carboxylic acids is 1. The van der Waals surface area contributed by atoms with E-state index in [9.17, 15) is 4.79 Å². The van der Waals surface area contributed by atoms with Gasteiger partial charge < -0.3 is 4.74 Å². The molecule has 1 saturated carbocycles. The van der Waals surface area contributed by atoms with Gasteiger partial charge in [0, 0.05) is 6.04 Å². The lowest BCUT2D eigenvalue weighted by Crippen LogP contribution is -2.53. The highest BCUT2D eigenvalue weighted by Gasteiger charge is 2.42. The van der Waals surface area contributed by atoms with Gasteiger partial charge in [-0.25, -0.2) is 0 Å². The van der Waals surface area contributed by atoms with Gasteiger partial charge in [0.05, 0.1) is 0 Å². The predicted octanol–water partition coefficient (Wildman–Crippen LogP) is 3.04. The average molecular weight is 261 g/mol. The Bertz CT molecular complexity index is 408. The van der Waals surface area contributed by atoms with Crippen molar-refractivity contribution in [2.75, 3.05) is 0 Å². The largest absolute Gasteiger partial charge is 0.459 e. The second kappa shape index (κ2) is 6.20. The third kappa shape index (κ3) is 3.57. The smallest absolute Gasteiger partial charge is 0.326 e. The van der Waals surface area contributed by atoms with Gasteiger partial charge >= 0.3 is 5.97 Å². The fourth-order valence-corrected chi connectivity index (χ4v) is 2.80. The minimum atomic E-state index is -0.455. The van der Waals surface area contributed by atoms with E-state index in [0.29, 0.717) is 12.6 Å². The fraction of sp³-hybridized carbons (Fsp3) is 0.562. The van der Waals surface area contributed by atoms with Crippen LogP contribution in [0.5, 0.6) is 0 Å². The molecule has 0 amide bonds. The first-order chi connectivity index (χ1) is 9.12. The van der Waals surface area contributed by atoms with E-state index in [2.05, 4.69) is 19.2 Å². The van der Waals surface area contributed by atoms with E-state index in [-0.39, 0.29) is 5.97 Å². The summed E-state index contributed by atoms with van der Waals surface area (Å²) < 4.78 is 5.51. The van der Waals surface area contributed by atoms with Crippen LogP contribution in [-0.4, -0.2) is 17.6 Å². The molecule has 0 saturated heterocycles. The van der Waals surface area contributed by atoms with Gasteiger partial charge in [0.25, 0.3) is 0 Å². The van der Waals surface area contributed by atoms with E-state index in [1.165, 1.54) is 0 Å². The van der Waals surface area contributed by atoms with Crippen molar-refractivity contribution in [1.82, 2.24) is 5.32 Å². The minimum Gasteiger partial charge on any atom is -0.459 e. The number of carbonyl (C=O) groups is 1. The van der Waals surface area contributed by atoms with Gasteiger partial charge in [-0.1, -0.05) is 43.2 Å². The monoisotopic (exact) mass is 261 g/mol. The van der Waals surface area contributed by atoms with Crippen LogP contribution in [0.25, 0.3) is 0 Å². The number of ether oxygens (including phenoxy) is 1. The molecule has 0 heterocycles. The summed E-state index contributed by atoms with van der Waals surface area (Å²) in [6, 6.07) is 10.1. The Morgan fingerprint density at radius 2 is 1.89 bits per heavy atom. The third-order valence-electron chi connectivity index (χ3n) is 3.63. The van der Waals surface area contributed by atoms with Crippen LogP contribution in [0.1, 0.15) is 45.1 Å². The van der Waals surface area contributed by atoms with Crippen LogP contribution in [0.2, 0.25) is 0 Å². The van der Waals surface area contributed by atoms with E-state index in [4.69, 9.17) is 4.74 Å². The van der Waals surface area contributed by atoms with Crippen LogP contribution in [0.3, 0.4) is 0 Å².